The lowest BCUT2D eigenvalue weighted by Gasteiger charge is -1.79. The Morgan fingerprint density at radius 2 is 2.57 bits per heavy atom. The van der Waals surface area contributed by atoms with Gasteiger partial charge < -0.3 is 4.84 Å². The molecule has 0 heterocycles. The van der Waals surface area contributed by atoms with Gasteiger partial charge in [-0.1, -0.05) is 17.8 Å². The lowest BCUT2D eigenvalue weighted by Crippen LogP contribution is -1.70. The highest BCUT2D eigenvalue weighted by Crippen LogP contribution is 1.71. The predicted octanol–water partition coefficient (Wildman–Crippen LogP) is 0.998. The minimum absolute atomic E-state index is 0.661. The summed E-state index contributed by atoms with van der Waals surface area (Å²) in [6, 6.07) is 0. The number of oxime groups is 1. The van der Waals surface area contributed by atoms with Crippen molar-refractivity contribution in [2.24, 2.45) is 5.16 Å². The van der Waals surface area contributed by atoms with Gasteiger partial charge in [0, 0.05) is 12.6 Å². The van der Waals surface area contributed by atoms with E-state index in [1.165, 1.54) is 13.2 Å². The third-order valence-electron chi connectivity index (χ3n) is 0.421. The van der Waals surface area contributed by atoms with Crippen LogP contribution in [0.2, 0.25) is 0 Å². The Morgan fingerprint density at radius 3 is 3.00 bits per heavy atom. The van der Waals surface area contributed by atoms with Gasteiger partial charge in [0.15, 0.2) is 0 Å². The summed E-state index contributed by atoms with van der Waals surface area (Å²) in [5, 5.41) is 3.43. The summed E-state index contributed by atoms with van der Waals surface area (Å²) in [5.41, 5.74) is 0. The molecule has 0 aromatic carbocycles. The zero-order valence-corrected chi connectivity index (χ0v) is 4.29. The van der Waals surface area contributed by atoms with Crippen molar-refractivity contribution in [3.63, 3.8) is 0 Å². The lowest BCUT2D eigenvalue weighted by atomic mass is 10.5. The van der Waals surface area contributed by atoms with Crippen LogP contribution in [0, 0.1) is 6.58 Å². The maximum atomic E-state index is 5.00. The third kappa shape index (κ3) is 5.21. The van der Waals surface area contributed by atoms with E-state index >= 15 is 0 Å². The first-order valence-electron chi connectivity index (χ1n) is 2.00. The number of allylic oxidation sites excluding steroid dienone is 1. The third-order valence-corrected chi connectivity index (χ3v) is 0.421. The standard InChI is InChI=1S/C5H8NO/c1-3-4-5-6-7-2/h1,3,5H,4H2,2H3/b3-1?,6-5-. The summed E-state index contributed by atoms with van der Waals surface area (Å²) in [5.74, 6) is 0. The van der Waals surface area contributed by atoms with Crippen molar-refractivity contribution in [2.45, 2.75) is 6.42 Å². The van der Waals surface area contributed by atoms with E-state index in [0.29, 0.717) is 6.42 Å². The van der Waals surface area contributed by atoms with Gasteiger partial charge in [0.25, 0.3) is 0 Å². The topological polar surface area (TPSA) is 21.6 Å². The van der Waals surface area contributed by atoms with Gasteiger partial charge in [-0.2, -0.15) is 0 Å². The van der Waals surface area contributed by atoms with E-state index in [1.54, 1.807) is 6.21 Å². The first-order valence-corrected chi connectivity index (χ1v) is 2.00. The van der Waals surface area contributed by atoms with Crippen molar-refractivity contribution in [2.75, 3.05) is 7.11 Å². The predicted molar refractivity (Wildman–Crippen MR) is 29.0 cm³/mol. The van der Waals surface area contributed by atoms with Crippen LogP contribution in [-0.4, -0.2) is 13.3 Å². The average Bonchev–Trinajstić information content (AvgIpc) is 1.69. The van der Waals surface area contributed by atoms with E-state index in [2.05, 4.69) is 9.99 Å². The van der Waals surface area contributed by atoms with Crippen LogP contribution in [0.1, 0.15) is 6.42 Å². The Hall–Kier alpha value is -0.790. The van der Waals surface area contributed by atoms with Crippen molar-refractivity contribution in [3.05, 3.63) is 12.7 Å². The van der Waals surface area contributed by atoms with Crippen molar-refractivity contribution in [3.8, 4) is 0 Å². The second-order valence-electron chi connectivity index (χ2n) is 0.942. The molecule has 0 amide bonds. The number of hydrogen-bond donors (Lipinski definition) is 0. The highest BCUT2D eigenvalue weighted by atomic mass is 16.6. The molecule has 2 nitrogen and oxygen atoms in total. The Balaban J connectivity index is 2.92. The summed E-state index contributed by atoms with van der Waals surface area (Å²) in [4.78, 5) is 4.34. The summed E-state index contributed by atoms with van der Waals surface area (Å²) < 4.78 is 0. The Labute approximate surface area is 43.5 Å². The summed E-state index contributed by atoms with van der Waals surface area (Å²) in [6.45, 7) is 5.00. The summed E-state index contributed by atoms with van der Waals surface area (Å²) in [6.07, 6.45) is 3.75. The number of nitrogens with zero attached hydrogens (tertiary/aromatic N) is 1. The molecule has 0 aromatic rings. The molecular formula is C5H8NO. The maximum absolute atomic E-state index is 5.00. The van der Waals surface area contributed by atoms with Gasteiger partial charge in [-0.15, -0.1) is 0 Å². The zero-order valence-electron chi connectivity index (χ0n) is 4.29. The van der Waals surface area contributed by atoms with E-state index in [9.17, 15) is 0 Å². The molecule has 0 rings (SSSR count). The van der Waals surface area contributed by atoms with Gasteiger partial charge in [0.05, 0.1) is 0 Å². The minimum Gasteiger partial charge on any atom is -0.399 e. The number of hydrogen-bond acceptors (Lipinski definition) is 2. The molecular weight excluding hydrogens is 90.1 g/mol. The van der Waals surface area contributed by atoms with Crippen LogP contribution in [-0.2, 0) is 4.84 Å². The van der Waals surface area contributed by atoms with Crippen LogP contribution in [0.3, 0.4) is 0 Å². The second kappa shape index (κ2) is 5.21. The quantitative estimate of drug-likeness (QED) is 0.381. The molecule has 0 aliphatic rings. The fourth-order valence-electron chi connectivity index (χ4n) is 0.178. The Bertz CT molecular complexity index is 68.5. The average molecular weight is 98.1 g/mol. The first-order chi connectivity index (χ1) is 3.41. The van der Waals surface area contributed by atoms with Crippen LogP contribution in [0.15, 0.2) is 11.2 Å². The van der Waals surface area contributed by atoms with Crippen molar-refractivity contribution in [1.29, 1.82) is 0 Å². The highest BCUT2D eigenvalue weighted by Gasteiger charge is 1.63. The maximum Gasteiger partial charge on any atom is 0.106 e. The van der Waals surface area contributed by atoms with Gasteiger partial charge >= 0.3 is 0 Å². The largest absolute Gasteiger partial charge is 0.399 e. The van der Waals surface area contributed by atoms with Gasteiger partial charge in [-0.3, -0.25) is 0 Å². The second-order valence-corrected chi connectivity index (χ2v) is 0.942. The number of rotatable bonds is 3. The molecule has 0 unspecified atom stereocenters. The van der Waals surface area contributed by atoms with Crippen molar-refractivity contribution >= 4 is 6.21 Å². The smallest absolute Gasteiger partial charge is 0.106 e. The van der Waals surface area contributed by atoms with Crippen LogP contribution in [0.4, 0.5) is 0 Å². The van der Waals surface area contributed by atoms with E-state index in [4.69, 9.17) is 6.58 Å². The highest BCUT2D eigenvalue weighted by molar-refractivity contribution is 5.58. The fraction of sp³-hybridized carbons (Fsp3) is 0.400. The molecule has 0 atom stereocenters. The Morgan fingerprint density at radius 1 is 1.86 bits per heavy atom. The lowest BCUT2D eigenvalue weighted by molar-refractivity contribution is 0.215. The molecule has 7 heavy (non-hydrogen) atoms. The monoisotopic (exact) mass is 98.1 g/mol. The van der Waals surface area contributed by atoms with E-state index in [0.717, 1.165) is 0 Å². The van der Waals surface area contributed by atoms with Crippen LogP contribution in [0.25, 0.3) is 0 Å². The van der Waals surface area contributed by atoms with E-state index in [1.807, 2.05) is 0 Å². The zero-order chi connectivity index (χ0) is 5.54. The van der Waals surface area contributed by atoms with Gasteiger partial charge in [0.1, 0.15) is 7.11 Å². The first kappa shape index (κ1) is 6.21. The molecule has 0 aliphatic carbocycles. The van der Waals surface area contributed by atoms with Crippen molar-refractivity contribution < 1.29 is 4.84 Å². The molecule has 0 fully saturated rings. The Kier molecular flexibility index (Phi) is 4.62. The molecule has 0 spiro atoms. The summed E-state index contributed by atoms with van der Waals surface area (Å²) in [7, 11) is 1.49. The molecule has 0 saturated carbocycles. The normalized spacial score (nSPS) is 9.29. The van der Waals surface area contributed by atoms with Gasteiger partial charge in [0.2, 0.25) is 0 Å². The van der Waals surface area contributed by atoms with Crippen LogP contribution >= 0.6 is 0 Å². The fourth-order valence-corrected chi connectivity index (χ4v) is 0.178. The molecule has 0 bridgehead atoms. The van der Waals surface area contributed by atoms with Crippen molar-refractivity contribution in [1.82, 2.24) is 0 Å². The molecule has 2 heteroatoms. The SMILES string of the molecule is [CH]=CC/C=N\OC. The molecule has 1 radical (unpaired) electrons. The summed E-state index contributed by atoms with van der Waals surface area (Å²) >= 11 is 0. The molecule has 0 aromatic heterocycles. The van der Waals surface area contributed by atoms with Gasteiger partial charge in [-0.05, 0) is 0 Å². The van der Waals surface area contributed by atoms with E-state index in [-0.39, 0.29) is 0 Å². The van der Waals surface area contributed by atoms with Gasteiger partial charge in [-0.25, -0.2) is 0 Å². The van der Waals surface area contributed by atoms with E-state index < -0.39 is 0 Å². The molecule has 0 saturated heterocycles. The molecule has 39 valence electrons. The van der Waals surface area contributed by atoms with Crippen LogP contribution in [0.5, 0.6) is 0 Å². The molecule has 0 N–H and O–H groups in total. The van der Waals surface area contributed by atoms with Crippen LogP contribution < -0.4 is 0 Å². The molecule has 0 aliphatic heterocycles. The minimum atomic E-state index is 0.661.